The van der Waals surface area contributed by atoms with Gasteiger partial charge in [-0.25, -0.2) is 9.13 Å². The van der Waals surface area contributed by atoms with Crippen LogP contribution in [0.15, 0.2) is 0 Å². The van der Waals surface area contributed by atoms with Crippen LogP contribution in [0.4, 0.5) is 0 Å². The summed E-state index contributed by atoms with van der Waals surface area (Å²) in [6.45, 7) is 7.24. The predicted molar refractivity (Wildman–Crippen MR) is 386 cm³/mol. The van der Waals surface area contributed by atoms with E-state index in [2.05, 4.69) is 34.6 Å². The van der Waals surface area contributed by atoms with Crippen LogP contribution in [-0.2, 0) is 65.4 Å². The summed E-state index contributed by atoms with van der Waals surface area (Å²) in [5, 5.41) is 10.6. The Labute approximate surface area is 581 Å². The van der Waals surface area contributed by atoms with E-state index in [1.165, 1.54) is 218 Å². The number of ether oxygens (including phenoxy) is 4. The first-order valence-electron chi connectivity index (χ1n) is 39.6. The molecule has 0 fully saturated rings. The zero-order valence-corrected chi connectivity index (χ0v) is 63.6. The van der Waals surface area contributed by atoms with Crippen LogP contribution in [0.2, 0.25) is 0 Å². The summed E-state index contributed by atoms with van der Waals surface area (Å²) in [5.41, 5.74) is 0. The largest absolute Gasteiger partial charge is 0.472 e. The SMILES string of the molecule is CCCCCCCCCCCCCCCCCCCC(=O)OC[C@H](COP(=O)(O)OC[C@@H](O)COP(=O)(O)OC[C@@H](COC(=O)CCCCCCCCCC(C)C)OC(=O)CCCCCCCCCCCCC)OC(=O)CCCCCCCCCCCCCCCCCCC. The molecule has 0 rings (SSSR count). The molecule has 0 bridgehead atoms. The van der Waals surface area contributed by atoms with E-state index in [1.54, 1.807) is 0 Å². The van der Waals surface area contributed by atoms with Crippen LogP contribution in [-0.4, -0.2) is 96.7 Å². The lowest BCUT2D eigenvalue weighted by Gasteiger charge is -2.21. The van der Waals surface area contributed by atoms with Crippen LogP contribution >= 0.6 is 15.6 Å². The zero-order chi connectivity index (χ0) is 69.8. The molecule has 0 spiro atoms. The van der Waals surface area contributed by atoms with Gasteiger partial charge in [0, 0.05) is 25.7 Å². The fourth-order valence-electron chi connectivity index (χ4n) is 11.7. The maximum atomic E-state index is 13.1. The number of carbonyl (C=O) groups is 4. The van der Waals surface area contributed by atoms with Crippen molar-refractivity contribution in [2.75, 3.05) is 39.6 Å². The Balaban J connectivity index is 5.22. The number of phosphoric acid groups is 2. The molecular weight excluding hydrogens is 1250 g/mol. The van der Waals surface area contributed by atoms with Gasteiger partial charge in [-0.15, -0.1) is 0 Å². The van der Waals surface area contributed by atoms with Gasteiger partial charge in [0.2, 0.25) is 0 Å². The van der Waals surface area contributed by atoms with Gasteiger partial charge >= 0.3 is 39.5 Å². The summed E-state index contributed by atoms with van der Waals surface area (Å²) in [6, 6.07) is 0. The Kier molecular flexibility index (Phi) is 67.7. The summed E-state index contributed by atoms with van der Waals surface area (Å²) >= 11 is 0. The number of unbranched alkanes of at least 4 members (excludes halogenated alkanes) is 48. The van der Waals surface area contributed by atoms with Crippen molar-refractivity contribution in [3.05, 3.63) is 0 Å². The molecule has 17 nitrogen and oxygen atoms in total. The number of rotatable bonds is 76. The summed E-state index contributed by atoms with van der Waals surface area (Å²) in [6.07, 6.45) is 58.3. The molecule has 0 aromatic carbocycles. The summed E-state index contributed by atoms with van der Waals surface area (Å²) in [4.78, 5) is 72.8. The van der Waals surface area contributed by atoms with Crippen LogP contribution in [0.5, 0.6) is 0 Å². The minimum absolute atomic E-state index is 0.107. The van der Waals surface area contributed by atoms with Crippen LogP contribution < -0.4 is 0 Å². The highest BCUT2D eigenvalue weighted by molar-refractivity contribution is 7.47. The second-order valence-electron chi connectivity index (χ2n) is 27.9. The van der Waals surface area contributed by atoms with Crippen molar-refractivity contribution in [2.45, 2.75) is 419 Å². The van der Waals surface area contributed by atoms with Gasteiger partial charge in [0.15, 0.2) is 12.2 Å². The molecule has 0 saturated heterocycles. The molecule has 0 aromatic rings. The number of hydrogen-bond acceptors (Lipinski definition) is 15. The molecule has 0 aromatic heterocycles. The smallest absolute Gasteiger partial charge is 0.462 e. The minimum Gasteiger partial charge on any atom is -0.462 e. The molecule has 5 atom stereocenters. The molecule has 0 amide bonds. The van der Waals surface area contributed by atoms with Crippen LogP contribution in [0.25, 0.3) is 0 Å². The topological polar surface area (TPSA) is 237 Å². The predicted octanol–water partition coefficient (Wildman–Crippen LogP) is 22.5. The van der Waals surface area contributed by atoms with Crippen molar-refractivity contribution >= 4 is 39.5 Å². The zero-order valence-electron chi connectivity index (χ0n) is 61.8. The first-order valence-corrected chi connectivity index (χ1v) is 42.6. The highest BCUT2D eigenvalue weighted by Gasteiger charge is 2.30. The number of aliphatic hydroxyl groups is 1. The third kappa shape index (κ3) is 70.3. The molecule has 0 heterocycles. The van der Waals surface area contributed by atoms with E-state index in [9.17, 15) is 43.2 Å². The number of carbonyl (C=O) groups excluding carboxylic acids is 4. The average Bonchev–Trinajstić information content (AvgIpc) is 1.91. The molecule has 0 aliphatic carbocycles. The van der Waals surface area contributed by atoms with E-state index in [0.717, 1.165) is 96.3 Å². The van der Waals surface area contributed by atoms with E-state index < -0.39 is 97.5 Å². The first kappa shape index (κ1) is 93.1. The third-order valence-corrected chi connectivity index (χ3v) is 19.7. The van der Waals surface area contributed by atoms with Crippen molar-refractivity contribution in [1.29, 1.82) is 0 Å². The van der Waals surface area contributed by atoms with Gasteiger partial charge in [-0.2, -0.15) is 0 Å². The second-order valence-corrected chi connectivity index (χ2v) is 30.8. The molecule has 2 unspecified atom stereocenters. The standard InChI is InChI=1S/C76H148O17P2/c1-6-9-12-15-18-21-24-26-28-30-32-34-37-39-44-49-54-59-73(78)86-65-71(92-76(81)62-57-52-46-41-38-35-33-31-29-27-25-22-19-16-13-10-7-2)67-90-94(82,83)88-63-70(77)64-89-95(84,85)91-68-72(66-87-74(79)60-55-50-47-42-43-48-53-58-69(4)5)93-75(80)61-56-51-45-40-36-23-20-17-14-11-8-3/h69-72,77H,6-68H2,1-5H3,(H,82,83)(H,84,85)/t70-,71-,72-/m1/s1. The number of hydrogen-bond donors (Lipinski definition) is 3. The molecule has 0 aliphatic heterocycles. The maximum Gasteiger partial charge on any atom is 0.472 e. The minimum atomic E-state index is -4.96. The molecular formula is C76H148O17P2. The fourth-order valence-corrected chi connectivity index (χ4v) is 13.3. The van der Waals surface area contributed by atoms with E-state index in [-0.39, 0.29) is 25.7 Å². The quantitative estimate of drug-likeness (QED) is 0.0222. The number of phosphoric ester groups is 2. The monoisotopic (exact) mass is 1400 g/mol. The molecule has 0 aliphatic rings. The van der Waals surface area contributed by atoms with Crippen molar-refractivity contribution in [2.24, 2.45) is 5.92 Å². The van der Waals surface area contributed by atoms with Gasteiger partial charge in [-0.05, 0) is 31.6 Å². The second kappa shape index (κ2) is 69.2. The number of esters is 4. The van der Waals surface area contributed by atoms with Gasteiger partial charge in [0.05, 0.1) is 26.4 Å². The Hall–Kier alpha value is -1.94. The van der Waals surface area contributed by atoms with Crippen LogP contribution in [0, 0.1) is 5.92 Å². The van der Waals surface area contributed by atoms with Gasteiger partial charge in [0.1, 0.15) is 19.3 Å². The average molecular weight is 1400 g/mol. The lowest BCUT2D eigenvalue weighted by molar-refractivity contribution is -0.161. The van der Waals surface area contributed by atoms with Gasteiger partial charge < -0.3 is 33.8 Å². The molecule has 19 heteroatoms. The summed E-state index contributed by atoms with van der Waals surface area (Å²) in [7, 11) is -9.91. The van der Waals surface area contributed by atoms with Gasteiger partial charge in [-0.3, -0.25) is 37.3 Å². The lowest BCUT2D eigenvalue weighted by Crippen LogP contribution is -2.30. The highest BCUT2D eigenvalue weighted by Crippen LogP contribution is 2.45. The Morgan fingerprint density at radius 1 is 0.284 bits per heavy atom. The molecule has 0 saturated carbocycles. The Morgan fingerprint density at radius 2 is 0.484 bits per heavy atom. The van der Waals surface area contributed by atoms with Crippen molar-refractivity contribution in [3.8, 4) is 0 Å². The number of aliphatic hydroxyl groups excluding tert-OH is 1. The lowest BCUT2D eigenvalue weighted by atomic mass is 10.0. The molecule has 3 N–H and O–H groups in total. The molecule has 564 valence electrons. The van der Waals surface area contributed by atoms with E-state index in [0.29, 0.717) is 31.6 Å². The Morgan fingerprint density at radius 3 is 0.716 bits per heavy atom. The van der Waals surface area contributed by atoms with Crippen molar-refractivity contribution in [1.82, 2.24) is 0 Å². The van der Waals surface area contributed by atoms with E-state index >= 15 is 0 Å². The molecule has 0 radical (unpaired) electrons. The Bertz CT molecular complexity index is 1820. The first-order chi connectivity index (χ1) is 46.0. The van der Waals surface area contributed by atoms with E-state index in [4.69, 9.17) is 37.0 Å². The summed E-state index contributed by atoms with van der Waals surface area (Å²) in [5.74, 6) is -1.41. The third-order valence-electron chi connectivity index (χ3n) is 17.8. The maximum absolute atomic E-state index is 13.1. The highest BCUT2D eigenvalue weighted by atomic mass is 31.2. The van der Waals surface area contributed by atoms with Crippen molar-refractivity contribution in [3.63, 3.8) is 0 Å². The van der Waals surface area contributed by atoms with Crippen molar-refractivity contribution < 1.29 is 80.2 Å². The normalized spacial score (nSPS) is 13.9. The fraction of sp³-hybridized carbons (Fsp3) is 0.947. The van der Waals surface area contributed by atoms with Gasteiger partial charge in [-0.1, -0.05) is 349 Å². The van der Waals surface area contributed by atoms with E-state index in [1.807, 2.05) is 0 Å². The van der Waals surface area contributed by atoms with Crippen LogP contribution in [0.3, 0.4) is 0 Å². The molecule has 95 heavy (non-hydrogen) atoms. The van der Waals surface area contributed by atoms with Crippen LogP contribution in [0.1, 0.15) is 401 Å². The summed E-state index contributed by atoms with van der Waals surface area (Å²) < 4.78 is 68.5. The van der Waals surface area contributed by atoms with Gasteiger partial charge in [0.25, 0.3) is 0 Å².